The van der Waals surface area contributed by atoms with Gasteiger partial charge < -0.3 is 14.9 Å². The van der Waals surface area contributed by atoms with Crippen molar-refractivity contribution in [1.29, 1.82) is 0 Å². The van der Waals surface area contributed by atoms with E-state index < -0.39 is 11.9 Å². The second-order valence-corrected chi connectivity index (χ2v) is 5.79. The number of aliphatic hydroxyl groups is 2. The van der Waals surface area contributed by atoms with Gasteiger partial charge in [0.15, 0.2) is 11.9 Å². The molecule has 0 saturated carbocycles. The van der Waals surface area contributed by atoms with E-state index in [-0.39, 0.29) is 11.9 Å². The lowest BCUT2D eigenvalue weighted by Gasteiger charge is -2.18. The van der Waals surface area contributed by atoms with E-state index in [4.69, 9.17) is 11.2 Å². The molecule has 4 heteroatoms. The molecule has 0 radical (unpaired) electrons. The van der Waals surface area contributed by atoms with E-state index >= 15 is 0 Å². The Balaban J connectivity index is 2.07. The van der Waals surface area contributed by atoms with Crippen molar-refractivity contribution in [1.82, 2.24) is 0 Å². The summed E-state index contributed by atoms with van der Waals surface area (Å²) < 4.78 is 5.30. The molecular weight excluding hydrogens is 248 g/mol. The van der Waals surface area contributed by atoms with Crippen LogP contribution in [0.2, 0.25) is 0 Å². The summed E-state index contributed by atoms with van der Waals surface area (Å²) in [6, 6.07) is 8.04. The van der Waals surface area contributed by atoms with Gasteiger partial charge in [0.2, 0.25) is 0 Å². The first kappa shape index (κ1) is 13.4. The summed E-state index contributed by atoms with van der Waals surface area (Å²) in [7, 11) is 0. The topological polar surface area (TPSA) is 49.7 Å². The molecule has 1 aromatic carbocycles. The molecule has 1 unspecified atom stereocenters. The van der Waals surface area contributed by atoms with Crippen LogP contribution in [-0.2, 0) is 4.74 Å². The highest BCUT2D eigenvalue weighted by Crippen LogP contribution is 2.39. The number of benzene rings is 1. The zero-order valence-corrected chi connectivity index (χ0v) is 11.0. The van der Waals surface area contributed by atoms with Gasteiger partial charge in [0.05, 0.1) is 11.9 Å². The van der Waals surface area contributed by atoms with Crippen LogP contribution in [0, 0.1) is 19.3 Å². The van der Waals surface area contributed by atoms with Gasteiger partial charge in [-0.05, 0) is 19.1 Å². The van der Waals surface area contributed by atoms with Gasteiger partial charge in [-0.2, -0.15) is 0 Å². The van der Waals surface area contributed by atoms with Gasteiger partial charge in [-0.15, -0.1) is 18.2 Å². The fourth-order valence-electron chi connectivity index (χ4n) is 1.91. The van der Waals surface area contributed by atoms with Crippen molar-refractivity contribution in [2.45, 2.75) is 35.4 Å². The minimum absolute atomic E-state index is 0.157. The predicted molar refractivity (Wildman–Crippen MR) is 71.2 cm³/mol. The maximum atomic E-state index is 9.85. The van der Waals surface area contributed by atoms with Crippen LogP contribution >= 0.6 is 11.8 Å². The van der Waals surface area contributed by atoms with Crippen LogP contribution in [-0.4, -0.2) is 34.0 Å². The van der Waals surface area contributed by atoms with Crippen LogP contribution in [0.4, 0.5) is 0 Å². The number of rotatable bonds is 3. The molecular formula is C14H16O3S. The van der Waals surface area contributed by atoms with Crippen LogP contribution in [0.15, 0.2) is 29.2 Å². The smallest absolute Gasteiger partial charge is 0.169 e. The molecule has 18 heavy (non-hydrogen) atoms. The van der Waals surface area contributed by atoms with Crippen LogP contribution in [0.1, 0.15) is 12.0 Å². The van der Waals surface area contributed by atoms with Crippen molar-refractivity contribution in [3.63, 3.8) is 0 Å². The van der Waals surface area contributed by atoms with E-state index in [1.807, 2.05) is 31.2 Å². The van der Waals surface area contributed by atoms with Crippen LogP contribution in [0.25, 0.3) is 0 Å². The summed E-state index contributed by atoms with van der Waals surface area (Å²) >= 11 is 1.52. The van der Waals surface area contributed by atoms with Crippen molar-refractivity contribution < 1.29 is 14.9 Å². The maximum Gasteiger partial charge on any atom is 0.169 e. The summed E-state index contributed by atoms with van der Waals surface area (Å²) in [6.45, 7) is 1.75. The molecule has 3 atom stereocenters. The first-order valence-corrected chi connectivity index (χ1v) is 6.64. The second kappa shape index (κ2) is 5.33. The molecule has 2 rings (SSSR count). The van der Waals surface area contributed by atoms with Crippen molar-refractivity contribution in [3.05, 3.63) is 29.8 Å². The van der Waals surface area contributed by atoms with Crippen molar-refractivity contribution in [2.24, 2.45) is 0 Å². The summed E-state index contributed by atoms with van der Waals surface area (Å²) in [5.74, 6) is 2.44. The summed E-state index contributed by atoms with van der Waals surface area (Å²) in [6.07, 6.45) is 4.86. The molecule has 0 aliphatic carbocycles. The van der Waals surface area contributed by atoms with Gasteiger partial charge in [0, 0.05) is 11.3 Å². The standard InChI is InChI=1S/C14H16O3S/c1-3-14(9-15)8-12(13(16)17-14)18-11-6-4-10(2)5-7-11/h1,4-7,12-13,15-16H,8-9H2,2H3/t12-,13?,14+/m1/s1. The third kappa shape index (κ3) is 2.70. The average molecular weight is 264 g/mol. The second-order valence-electron chi connectivity index (χ2n) is 4.48. The highest BCUT2D eigenvalue weighted by molar-refractivity contribution is 8.00. The molecule has 0 spiro atoms. The van der Waals surface area contributed by atoms with Gasteiger partial charge in [0.1, 0.15) is 0 Å². The molecule has 0 aromatic heterocycles. The lowest BCUT2D eigenvalue weighted by atomic mass is 10.0. The quantitative estimate of drug-likeness (QED) is 0.813. The zero-order chi connectivity index (χ0) is 13.2. The van der Waals surface area contributed by atoms with E-state index in [0.717, 1.165) is 4.90 Å². The summed E-state index contributed by atoms with van der Waals surface area (Å²) in [5.41, 5.74) is 0.151. The minimum atomic E-state index is -1.04. The maximum absolute atomic E-state index is 9.85. The number of hydrogen-bond donors (Lipinski definition) is 2. The Morgan fingerprint density at radius 1 is 1.50 bits per heavy atom. The SMILES string of the molecule is C#C[C@@]1(CO)C[C@@H](Sc2ccc(C)cc2)C(O)O1. The number of terminal acetylenes is 1. The highest BCUT2D eigenvalue weighted by atomic mass is 32.2. The number of ether oxygens (including phenoxy) is 1. The Morgan fingerprint density at radius 3 is 2.67 bits per heavy atom. The van der Waals surface area contributed by atoms with Gasteiger partial charge >= 0.3 is 0 Å². The number of hydrogen-bond acceptors (Lipinski definition) is 4. The van der Waals surface area contributed by atoms with Crippen LogP contribution in [0.3, 0.4) is 0 Å². The number of aliphatic hydroxyl groups excluding tert-OH is 2. The fraction of sp³-hybridized carbons (Fsp3) is 0.429. The molecule has 1 fully saturated rings. The normalized spacial score (nSPS) is 31.2. The highest BCUT2D eigenvalue weighted by Gasteiger charge is 2.45. The zero-order valence-electron chi connectivity index (χ0n) is 10.2. The third-order valence-corrected chi connectivity index (χ3v) is 4.27. The molecule has 2 N–H and O–H groups in total. The van der Waals surface area contributed by atoms with Gasteiger partial charge in [-0.25, -0.2) is 0 Å². The first-order valence-electron chi connectivity index (χ1n) is 5.76. The first-order chi connectivity index (χ1) is 8.58. The minimum Gasteiger partial charge on any atom is -0.392 e. The molecule has 96 valence electrons. The monoisotopic (exact) mass is 264 g/mol. The average Bonchev–Trinajstić information content (AvgIpc) is 2.70. The Hall–Kier alpha value is -0.990. The van der Waals surface area contributed by atoms with Crippen LogP contribution in [0.5, 0.6) is 0 Å². The molecule has 1 aliphatic heterocycles. The fourth-order valence-corrected chi connectivity index (χ4v) is 3.08. The number of aryl methyl sites for hydroxylation is 1. The molecule has 0 amide bonds. The van der Waals surface area contributed by atoms with Crippen LogP contribution < -0.4 is 0 Å². The van der Waals surface area contributed by atoms with Crippen molar-refractivity contribution in [3.8, 4) is 12.3 Å². The molecule has 1 aliphatic rings. The Morgan fingerprint density at radius 2 is 2.17 bits per heavy atom. The number of thioether (sulfide) groups is 1. The lowest BCUT2D eigenvalue weighted by molar-refractivity contribution is -0.126. The summed E-state index contributed by atoms with van der Waals surface area (Å²) in [4.78, 5) is 1.05. The molecule has 1 heterocycles. The molecule has 1 aromatic rings. The van der Waals surface area contributed by atoms with E-state index in [0.29, 0.717) is 6.42 Å². The third-order valence-electron chi connectivity index (χ3n) is 3.02. The van der Waals surface area contributed by atoms with E-state index in [1.54, 1.807) is 0 Å². The lowest BCUT2D eigenvalue weighted by Crippen LogP contribution is -2.31. The van der Waals surface area contributed by atoms with Crippen molar-refractivity contribution >= 4 is 11.8 Å². The molecule has 0 bridgehead atoms. The molecule has 3 nitrogen and oxygen atoms in total. The van der Waals surface area contributed by atoms with E-state index in [2.05, 4.69) is 5.92 Å². The van der Waals surface area contributed by atoms with E-state index in [9.17, 15) is 10.2 Å². The summed E-state index contributed by atoms with van der Waals surface area (Å²) in [5, 5.41) is 19.0. The van der Waals surface area contributed by atoms with Gasteiger partial charge in [0.25, 0.3) is 0 Å². The Labute approximate surface area is 111 Å². The van der Waals surface area contributed by atoms with Crippen molar-refractivity contribution in [2.75, 3.05) is 6.61 Å². The van der Waals surface area contributed by atoms with E-state index in [1.165, 1.54) is 17.3 Å². The molecule has 1 saturated heterocycles. The van der Waals surface area contributed by atoms with Gasteiger partial charge in [-0.3, -0.25) is 0 Å². The Bertz CT molecular complexity index is 451. The Kier molecular flexibility index (Phi) is 3.98. The predicted octanol–water partition coefficient (Wildman–Crippen LogP) is 1.56. The van der Waals surface area contributed by atoms with Gasteiger partial charge in [-0.1, -0.05) is 23.6 Å². The largest absolute Gasteiger partial charge is 0.392 e.